The molecule has 0 saturated carbocycles. The van der Waals surface area contributed by atoms with Crippen LogP contribution in [0, 0.1) is 11.8 Å². The smallest absolute Gasteiger partial charge is 0.309 e. The molecule has 0 bridgehead atoms. The van der Waals surface area contributed by atoms with Gasteiger partial charge in [-0.1, -0.05) is 0 Å². The zero-order valence-electron chi connectivity index (χ0n) is 15.7. The Bertz CT molecular complexity index is 417. The molecular formula is C18H33N3O4. The summed E-state index contributed by atoms with van der Waals surface area (Å²) in [7, 11) is 1.80. The van der Waals surface area contributed by atoms with Crippen LogP contribution in [0.15, 0.2) is 4.99 Å². The van der Waals surface area contributed by atoms with Crippen LogP contribution >= 0.6 is 0 Å². The Kier molecular flexibility index (Phi) is 9.04. The number of likely N-dealkylation sites (tertiary alicyclic amines) is 1. The van der Waals surface area contributed by atoms with E-state index < -0.39 is 0 Å². The Labute approximate surface area is 151 Å². The van der Waals surface area contributed by atoms with Crippen molar-refractivity contribution < 1.29 is 19.0 Å². The lowest BCUT2D eigenvalue weighted by Crippen LogP contribution is -2.47. The molecule has 2 saturated heterocycles. The van der Waals surface area contributed by atoms with Gasteiger partial charge in [-0.15, -0.1) is 0 Å². The maximum Gasteiger partial charge on any atom is 0.309 e. The van der Waals surface area contributed by atoms with Gasteiger partial charge in [-0.05, 0) is 32.6 Å². The third-order valence-electron chi connectivity index (χ3n) is 4.75. The highest BCUT2D eigenvalue weighted by atomic mass is 16.5. The highest BCUT2D eigenvalue weighted by Gasteiger charge is 2.27. The minimum Gasteiger partial charge on any atom is -0.466 e. The normalized spacial score (nSPS) is 22.2. The number of hydrogen-bond donors (Lipinski definition) is 1. The molecule has 2 rings (SSSR count). The molecule has 0 spiro atoms. The van der Waals surface area contributed by atoms with E-state index in [1.807, 2.05) is 6.92 Å². The highest BCUT2D eigenvalue weighted by molar-refractivity contribution is 5.80. The van der Waals surface area contributed by atoms with E-state index in [4.69, 9.17) is 14.2 Å². The van der Waals surface area contributed by atoms with E-state index in [-0.39, 0.29) is 11.9 Å². The summed E-state index contributed by atoms with van der Waals surface area (Å²) in [4.78, 5) is 18.4. The van der Waals surface area contributed by atoms with Crippen LogP contribution in [0.2, 0.25) is 0 Å². The zero-order valence-corrected chi connectivity index (χ0v) is 15.7. The summed E-state index contributed by atoms with van der Waals surface area (Å²) in [5.41, 5.74) is 0. The molecule has 7 heteroatoms. The molecule has 7 nitrogen and oxygen atoms in total. The lowest BCUT2D eigenvalue weighted by Gasteiger charge is -2.33. The standard InChI is InChI=1S/C18H33N3O4/c1-3-25-17(22)16-5-9-21(10-6-16)18(19-2)20-8-4-11-23-13-15-7-12-24-14-15/h15-16H,3-14H2,1-2H3,(H,19,20). The van der Waals surface area contributed by atoms with Crippen molar-refractivity contribution in [3.05, 3.63) is 0 Å². The number of esters is 1. The summed E-state index contributed by atoms with van der Waals surface area (Å²) >= 11 is 0. The maximum absolute atomic E-state index is 11.8. The molecule has 0 amide bonds. The first kappa shape index (κ1) is 20.0. The molecule has 0 radical (unpaired) electrons. The van der Waals surface area contributed by atoms with Crippen LogP contribution in [-0.2, 0) is 19.0 Å². The molecule has 2 heterocycles. The van der Waals surface area contributed by atoms with Crippen LogP contribution in [0.4, 0.5) is 0 Å². The summed E-state index contributed by atoms with van der Waals surface area (Å²) < 4.78 is 16.2. The number of rotatable bonds is 8. The molecule has 2 aliphatic rings. The average molecular weight is 355 g/mol. The van der Waals surface area contributed by atoms with Gasteiger partial charge < -0.3 is 24.4 Å². The molecule has 2 aliphatic heterocycles. The van der Waals surface area contributed by atoms with E-state index >= 15 is 0 Å². The van der Waals surface area contributed by atoms with E-state index in [0.717, 1.165) is 77.7 Å². The van der Waals surface area contributed by atoms with Crippen LogP contribution in [-0.4, -0.2) is 76.5 Å². The lowest BCUT2D eigenvalue weighted by atomic mass is 9.97. The molecule has 0 aromatic rings. The second kappa shape index (κ2) is 11.3. The second-order valence-corrected chi connectivity index (χ2v) is 6.65. The number of ether oxygens (including phenoxy) is 3. The van der Waals surface area contributed by atoms with E-state index in [0.29, 0.717) is 12.5 Å². The van der Waals surface area contributed by atoms with Crippen molar-refractivity contribution in [3.8, 4) is 0 Å². The fourth-order valence-electron chi connectivity index (χ4n) is 3.26. The number of nitrogens with zero attached hydrogens (tertiary/aromatic N) is 2. The van der Waals surface area contributed by atoms with Crippen LogP contribution in [0.1, 0.15) is 32.6 Å². The molecule has 144 valence electrons. The van der Waals surface area contributed by atoms with Crippen LogP contribution in [0.3, 0.4) is 0 Å². The second-order valence-electron chi connectivity index (χ2n) is 6.65. The van der Waals surface area contributed by atoms with Crippen LogP contribution in [0.25, 0.3) is 0 Å². The largest absolute Gasteiger partial charge is 0.466 e. The van der Waals surface area contributed by atoms with Gasteiger partial charge in [0.15, 0.2) is 5.96 Å². The van der Waals surface area contributed by atoms with E-state index in [1.54, 1.807) is 7.05 Å². The number of piperidine rings is 1. The summed E-state index contributed by atoms with van der Waals surface area (Å²) in [6.45, 7) is 8.09. The number of aliphatic imine (C=N–C) groups is 1. The average Bonchev–Trinajstić information content (AvgIpc) is 3.15. The Hall–Kier alpha value is -1.34. The van der Waals surface area contributed by atoms with E-state index in [2.05, 4.69) is 15.2 Å². The fourth-order valence-corrected chi connectivity index (χ4v) is 3.26. The predicted molar refractivity (Wildman–Crippen MR) is 96.7 cm³/mol. The summed E-state index contributed by atoms with van der Waals surface area (Å²) in [5, 5.41) is 3.39. The minimum absolute atomic E-state index is 0.0299. The molecule has 1 atom stereocenters. The number of carbonyl (C=O) groups excluding carboxylic acids is 1. The highest BCUT2D eigenvalue weighted by Crippen LogP contribution is 2.18. The van der Waals surface area contributed by atoms with E-state index in [9.17, 15) is 4.79 Å². The van der Waals surface area contributed by atoms with Gasteiger partial charge in [0.1, 0.15) is 0 Å². The quantitative estimate of drug-likeness (QED) is 0.306. The number of nitrogens with one attached hydrogen (secondary N) is 1. The first-order valence-electron chi connectivity index (χ1n) is 9.52. The predicted octanol–water partition coefficient (Wildman–Crippen LogP) is 1.28. The van der Waals surface area contributed by atoms with Crippen molar-refractivity contribution >= 4 is 11.9 Å². The van der Waals surface area contributed by atoms with Gasteiger partial charge in [-0.3, -0.25) is 9.79 Å². The van der Waals surface area contributed by atoms with Crippen molar-refractivity contribution in [2.45, 2.75) is 32.6 Å². The molecule has 1 unspecified atom stereocenters. The lowest BCUT2D eigenvalue weighted by molar-refractivity contribution is -0.149. The van der Waals surface area contributed by atoms with Gasteiger partial charge in [0.25, 0.3) is 0 Å². The van der Waals surface area contributed by atoms with E-state index in [1.165, 1.54) is 0 Å². The number of carbonyl (C=O) groups is 1. The first-order valence-corrected chi connectivity index (χ1v) is 9.52. The Morgan fingerprint density at radius 3 is 2.76 bits per heavy atom. The van der Waals surface area contributed by atoms with Crippen LogP contribution < -0.4 is 5.32 Å². The number of hydrogen-bond acceptors (Lipinski definition) is 5. The monoisotopic (exact) mass is 355 g/mol. The molecule has 0 aromatic carbocycles. The zero-order chi connectivity index (χ0) is 17.9. The molecule has 0 aromatic heterocycles. The summed E-state index contributed by atoms with van der Waals surface area (Å²) in [6, 6.07) is 0. The third kappa shape index (κ3) is 6.82. The SMILES string of the molecule is CCOC(=O)C1CCN(C(=NC)NCCCOCC2CCOC2)CC1. The van der Waals surface area contributed by atoms with Gasteiger partial charge in [0.05, 0.1) is 25.7 Å². The van der Waals surface area contributed by atoms with Gasteiger partial charge in [0, 0.05) is 45.8 Å². The molecule has 25 heavy (non-hydrogen) atoms. The van der Waals surface area contributed by atoms with Gasteiger partial charge in [-0.2, -0.15) is 0 Å². The Morgan fingerprint density at radius 2 is 2.12 bits per heavy atom. The van der Waals surface area contributed by atoms with Crippen molar-refractivity contribution in [2.24, 2.45) is 16.8 Å². The maximum atomic E-state index is 11.8. The van der Waals surface area contributed by atoms with Gasteiger partial charge >= 0.3 is 5.97 Å². The Morgan fingerprint density at radius 1 is 1.32 bits per heavy atom. The summed E-state index contributed by atoms with van der Waals surface area (Å²) in [6.07, 6.45) is 3.72. The molecular weight excluding hydrogens is 322 g/mol. The van der Waals surface area contributed by atoms with Crippen molar-refractivity contribution in [1.29, 1.82) is 0 Å². The summed E-state index contributed by atoms with van der Waals surface area (Å²) in [5.74, 6) is 1.45. The van der Waals surface area contributed by atoms with Gasteiger partial charge in [-0.25, -0.2) is 0 Å². The Balaban J connectivity index is 1.56. The van der Waals surface area contributed by atoms with Crippen molar-refractivity contribution in [2.75, 3.05) is 59.7 Å². The topological polar surface area (TPSA) is 72.4 Å². The first-order chi connectivity index (χ1) is 12.2. The minimum atomic E-state index is -0.0603. The van der Waals surface area contributed by atoms with Crippen molar-refractivity contribution in [3.63, 3.8) is 0 Å². The molecule has 0 aliphatic carbocycles. The van der Waals surface area contributed by atoms with Crippen LogP contribution in [0.5, 0.6) is 0 Å². The molecule has 2 fully saturated rings. The fraction of sp³-hybridized carbons (Fsp3) is 0.889. The molecule has 1 N–H and O–H groups in total. The third-order valence-corrected chi connectivity index (χ3v) is 4.75. The van der Waals surface area contributed by atoms with Crippen molar-refractivity contribution in [1.82, 2.24) is 10.2 Å². The van der Waals surface area contributed by atoms with Gasteiger partial charge in [0.2, 0.25) is 0 Å². The number of guanidine groups is 1.